The van der Waals surface area contributed by atoms with Crippen molar-refractivity contribution in [3.05, 3.63) is 119 Å². The van der Waals surface area contributed by atoms with Gasteiger partial charge in [-0.15, -0.1) is 0 Å². The molecule has 0 unspecified atom stereocenters. The summed E-state index contributed by atoms with van der Waals surface area (Å²) in [5.41, 5.74) is 2.77. The van der Waals surface area contributed by atoms with E-state index < -0.39 is 0 Å². The molecule has 0 atom stereocenters. The smallest absolute Gasteiger partial charge is 0.124 e. The zero-order valence-electron chi connectivity index (χ0n) is 23.2. The number of phenols is 4. The molecule has 9 nitrogen and oxygen atoms in total. The summed E-state index contributed by atoms with van der Waals surface area (Å²) >= 11 is 0. The zero-order chi connectivity index (χ0) is 28.4. The summed E-state index contributed by atoms with van der Waals surface area (Å²) < 4.78 is 0. The van der Waals surface area contributed by atoms with E-state index in [1.54, 1.807) is 97.7 Å². The molecule has 0 saturated carbocycles. The number of hydrogen-bond donors (Lipinski definition) is 4. The number of para-hydroxylation sites is 4. The Morgan fingerprint density at radius 1 is 0.372 bits per heavy atom. The molecule has 0 heterocycles. The Bertz CT molecular complexity index is 1260. The Kier molecular flexibility index (Phi) is 20.2. The molecule has 0 spiro atoms. The Morgan fingerprint density at radius 2 is 0.558 bits per heavy atom. The van der Waals surface area contributed by atoms with E-state index in [0.717, 1.165) is 0 Å². The van der Waals surface area contributed by atoms with Crippen LogP contribution in [-0.2, 0) is 34.1 Å². The minimum atomic E-state index is 0. The Balaban J connectivity index is 0.000000767. The van der Waals surface area contributed by atoms with Gasteiger partial charge in [-0.05, 0) is 48.5 Å². The molecule has 0 aliphatic rings. The van der Waals surface area contributed by atoms with E-state index in [2.05, 4.69) is 20.0 Å². The number of aromatic hydroxyl groups is 4. The molecule has 4 aromatic rings. The SMILES string of the molecule is O.Oc1ccccc1C=NCCN=Cc1ccccc1O.Oc1ccccc1C=NCCN=Cc1ccccc1O.[Fe].[Fe]. The normalized spacial score (nSPS) is 10.6. The van der Waals surface area contributed by atoms with Crippen molar-refractivity contribution in [3.8, 4) is 23.0 Å². The zero-order valence-corrected chi connectivity index (χ0v) is 25.4. The van der Waals surface area contributed by atoms with Gasteiger partial charge in [0.15, 0.2) is 0 Å². The quantitative estimate of drug-likeness (QED) is 0.112. The predicted molar refractivity (Wildman–Crippen MR) is 166 cm³/mol. The van der Waals surface area contributed by atoms with E-state index in [0.29, 0.717) is 48.4 Å². The molecular weight excluding hydrogens is 632 g/mol. The number of benzene rings is 4. The third-order valence-corrected chi connectivity index (χ3v) is 5.38. The Morgan fingerprint density at radius 3 is 0.744 bits per heavy atom. The van der Waals surface area contributed by atoms with Crippen molar-refractivity contribution in [1.82, 2.24) is 0 Å². The van der Waals surface area contributed by atoms with Gasteiger partial charge in [0.25, 0.3) is 0 Å². The molecule has 228 valence electrons. The van der Waals surface area contributed by atoms with Gasteiger partial charge < -0.3 is 25.9 Å². The van der Waals surface area contributed by atoms with Crippen LogP contribution in [-0.4, -0.2) is 76.9 Å². The summed E-state index contributed by atoms with van der Waals surface area (Å²) in [7, 11) is 0. The number of phenolic OH excluding ortho intramolecular Hbond substituents is 4. The predicted octanol–water partition coefficient (Wildman–Crippen LogP) is 4.44. The van der Waals surface area contributed by atoms with Crippen molar-refractivity contribution in [3.63, 3.8) is 0 Å². The summed E-state index contributed by atoms with van der Waals surface area (Å²) in [6.07, 6.45) is 6.52. The molecule has 4 aromatic carbocycles. The van der Waals surface area contributed by atoms with Crippen LogP contribution in [0.3, 0.4) is 0 Å². The Labute approximate surface area is 272 Å². The van der Waals surface area contributed by atoms with Gasteiger partial charge in [-0.25, -0.2) is 0 Å². The van der Waals surface area contributed by atoms with Crippen LogP contribution in [0, 0.1) is 0 Å². The fraction of sp³-hybridized carbons (Fsp3) is 0.125. The van der Waals surface area contributed by atoms with Crippen molar-refractivity contribution in [2.75, 3.05) is 26.2 Å². The second kappa shape index (κ2) is 22.4. The maximum atomic E-state index is 9.54. The van der Waals surface area contributed by atoms with Crippen LogP contribution in [0.15, 0.2) is 117 Å². The maximum Gasteiger partial charge on any atom is 0.124 e. The monoisotopic (exact) mass is 666 g/mol. The van der Waals surface area contributed by atoms with Gasteiger partial charge in [-0.2, -0.15) is 0 Å². The molecule has 0 bridgehead atoms. The molecule has 0 saturated heterocycles. The van der Waals surface area contributed by atoms with Gasteiger partial charge >= 0.3 is 0 Å². The summed E-state index contributed by atoms with van der Waals surface area (Å²) in [5.74, 6) is 0.867. The third-order valence-electron chi connectivity index (χ3n) is 5.38. The molecule has 0 aromatic heterocycles. The third kappa shape index (κ3) is 14.5. The van der Waals surface area contributed by atoms with E-state index in [1.807, 2.05) is 24.3 Å². The number of aliphatic imine (C=N–C) groups is 4. The average molecular weight is 666 g/mol. The first kappa shape index (κ1) is 38.8. The van der Waals surface area contributed by atoms with Crippen LogP contribution in [0.5, 0.6) is 23.0 Å². The van der Waals surface area contributed by atoms with E-state index in [1.165, 1.54) is 0 Å². The molecule has 0 aliphatic carbocycles. The fourth-order valence-electron chi connectivity index (χ4n) is 3.27. The van der Waals surface area contributed by atoms with Crippen LogP contribution < -0.4 is 0 Å². The topological polar surface area (TPSA) is 162 Å². The largest absolute Gasteiger partial charge is 0.507 e. The van der Waals surface area contributed by atoms with Crippen LogP contribution in [0.25, 0.3) is 0 Å². The van der Waals surface area contributed by atoms with E-state index in [4.69, 9.17) is 0 Å². The second-order valence-electron chi connectivity index (χ2n) is 8.38. The van der Waals surface area contributed by atoms with Gasteiger partial charge in [-0.3, -0.25) is 20.0 Å². The molecular formula is C32H34Fe2N4O5. The average Bonchev–Trinajstić information content (AvgIpc) is 2.96. The standard InChI is InChI=1S/2C16H16N2O2.2Fe.H2O/c2*19-15-7-3-1-5-13(15)11-17-9-10-18-12-14-6-2-4-8-16(14)20;;;/h2*1-8,11-12,19-20H,9-10H2;;;1H2. The summed E-state index contributed by atoms with van der Waals surface area (Å²) in [6.45, 7) is 2.10. The maximum absolute atomic E-state index is 9.54. The second-order valence-corrected chi connectivity index (χ2v) is 8.38. The van der Waals surface area contributed by atoms with Crippen molar-refractivity contribution in [2.24, 2.45) is 20.0 Å². The van der Waals surface area contributed by atoms with Gasteiger partial charge in [0.05, 0.1) is 26.2 Å². The Hall–Kier alpha value is -4.24. The minimum Gasteiger partial charge on any atom is -0.507 e. The summed E-state index contributed by atoms with van der Waals surface area (Å²) in [6, 6.07) is 28.1. The molecule has 0 amide bonds. The van der Waals surface area contributed by atoms with Crippen LogP contribution in [0.4, 0.5) is 0 Å². The molecule has 6 N–H and O–H groups in total. The van der Waals surface area contributed by atoms with Crippen molar-refractivity contribution in [1.29, 1.82) is 0 Å². The van der Waals surface area contributed by atoms with Gasteiger partial charge in [0.1, 0.15) is 23.0 Å². The number of nitrogens with zero attached hydrogens (tertiary/aromatic N) is 4. The molecule has 0 fully saturated rings. The van der Waals surface area contributed by atoms with Gasteiger partial charge in [0, 0.05) is 81.2 Å². The van der Waals surface area contributed by atoms with Crippen LogP contribution in [0.1, 0.15) is 22.3 Å². The molecule has 11 heteroatoms. The summed E-state index contributed by atoms with van der Waals surface area (Å²) in [5, 5.41) is 38.2. The molecule has 4 rings (SSSR count). The van der Waals surface area contributed by atoms with Crippen LogP contribution in [0.2, 0.25) is 0 Å². The van der Waals surface area contributed by atoms with Crippen molar-refractivity contribution >= 4 is 24.9 Å². The first-order valence-corrected chi connectivity index (χ1v) is 12.7. The number of rotatable bonds is 10. The number of hydrogen-bond acceptors (Lipinski definition) is 8. The summed E-state index contributed by atoms with van der Waals surface area (Å²) in [4.78, 5) is 16.8. The van der Waals surface area contributed by atoms with Gasteiger partial charge in [-0.1, -0.05) is 48.5 Å². The van der Waals surface area contributed by atoms with Gasteiger partial charge in [0.2, 0.25) is 0 Å². The van der Waals surface area contributed by atoms with Crippen molar-refractivity contribution < 1.29 is 60.0 Å². The first-order chi connectivity index (χ1) is 19.5. The van der Waals surface area contributed by atoms with E-state index >= 15 is 0 Å². The van der Waals surface area contributed by atoms with E-state index in [9.17, 15) is 20.4 Å². The van der Waals surface area contributed by atoms with Crippen molar-refractivity contribution in [2.45, 2.75) is 0 Å². The first-order valence-electron chi connectivity index (χ1n) is 12.7. The minimum absolute atomic E-state index is 0. The fourth-order valence-corrected chi connectivity index (χ4v) is 3.27. The van der Waals surface area contributed by atoms with Crippen LogP contribution >= 0.6 is 0 Å². The van der Waals surface area contributed by atoms with E-state index in [-0.39, 0.29) is 62.6 Å². The molecule has 0 aliphatic heterocycles. The molecule has 0 radical (unpaired) electrons. The molecule has 43 heavy (non-hydrogen) atoms.